The first kappa shape index (κ1) is 15.4. The molecule has 0 aliphatic carbocycles. The van der Waals surface area contributed by atoms with Crippen LogP contribution in [0, 0.1) is 0 Å². The van der Waals surface area contributed by atoms with E-state index in [0.29, 0.717) is 6.61 Å². The van der Waals surface area contributed by atoms with Crippen molar-refractivity contribution in [3.05, 3.63) is 35.9 Å². The van der Waals surface area contributed by atoms with Gasteiger partial charge in [0.05, 0.1) is 24.8 Å². The third-order valence-electron chi connectivity index (χ3n) is 2.20. The first-order valence-electron chi connectivity index (χ1n) is 5.52. The van der Waals surface area contributed by atoms with Crippen LogP contribution >= 0.6 is 11.6 Å². The summed E-state index contributed by atoms with van der Waals surface area (Å²) in [6.07, 6.45) is 0.321. The summed E-state index contributed by atoms with van der Waals surface area (Å²) < 4.78 is 32.4. The Morgan fingerprint density at radius 2 is 1.89 bits per heavy atom. The Labute approximate surface area is 113 Å². The molecule has 0 saturated carbocycles. The topological polar surface area (TPSA) is 52.6 Å². The maximum absolute atomic E-state index is 11.0. The van der Waals surface area contributed by atoms with Crippen LogP contribution in [0.1, 0.15) is 12.5 Å². The molecule has 0 aliphatic heterocycles. The van der Waals surface area contributed by atoms with E-state index in [0.717, 1.165) is 11.8 Å². The Kier molecular flexibility index (Phi) is 6.08. The Balaban J connectivity index is 2.44. The number of halogens is 1. The largest absolute Gasteiger partial charge is 0.374 e. The second-order valence-corrected chi connectivity index (χ2v) is 6.31. The van der Waals surface area contributed by atoms with Crippen LogP contribution < -0.4 is 0 Å². The molecule has 0 amide bonds. The van der Waals surface area contributed by atoms with E-state index in [9.17, 15) is 8.42 Å². The van der Waals surface area contributed by atoms with Gasteiger partial charge in [-0.1, -0.05) is 30.3 Å². The zero-order valence-corrected chi connectivity index (χ0v) is 11.9. The van der Waals surface area contributed by atoms with Gasteiger partial charge < -0.3 is 4.74 Å². The molecule has 0 heterocycles. The molecule has 0 spiro atoms. The summed E-state index contributed by atoms with van der Waals surface area (Å²) in [6, 6.07) is 9.59. The van der Waals surface area contributed by atoms with Gasteiger partial charge in [-0.25, -0.2) is 0 Å². The Hall–Kier alpha value is -0.620. The molecule has 0 saturated heterocycles. The smallest absolute Gasteiger partial charge is 0.264 e. The predicted molar refractivity (Wildman–Crippen MR) is 71.1 cm³/mol. The highest BCUT2D eigenvalue weighted by Gasteiger charge is 2.21. The van der Waals surface area contributed by atoms with Crippen molar-refractivity contribution in [2.45, 2.75) is 25.0 Å². The summed E-state index contributed by atoms with van der Waals surface area (Å²) >= 11 is 5.86. The highest BCUT2D eigenvalue weighted by Crippen LogP contribution is 2.11. The van der Waals surface area contributed by atoms with Gasteiger partial charge in [0.2, 0.25) is 0 Å². The monoisotopic (exact) mass is 292 g/mol. The number of hydrogen-bond acceptors (Lipinski definition) is 4. The van der Waals surface area contributed by atoms with Gasteiger partial charge in [-0.3, -0.25) is 4.18 Å². The number of rotatable bonds is 7. The predicted octanol–water partition coefficient (Wildman–Crippen LogP) is 2.18. The number of alkyl halides is 1. The van der Waals surface area contributed by atoms with Crippen molar-refractivity contribution in [3.63, 3.8) is 0 Å². The molecule has 18 heavy (non-hydrogen) atoms. The molecule has 4 nitrogen and oxygen atoms in total. The van der Waals surface area contributed by atoms with Crippen molar-refractivity contribution >= 4 is 21.7 Å². The molecule has 0 fully saturated rings. The minimum atomic E-state index is -3.53. The summed E-state index contributed by atoms with van der Waals surface area (Å²) in [5, 5.41) is -0.449. The molecule has 102 valence electrons. The van der Waals surface area contributed by atoms with E-state index >= 15 is 0 Å². The number of ether oxygens (including phenoxy) is 1. The molecule has 2 atom stereocenters. The van der Waals surface area contributed by atoms with Gasteiger partial charge >= 0.3 is 0 Å². The third-order valence-corrected chi connectivity index (χ3v) is 3.08. The first-order valence-corrected chi connectivity index (χ1v) is 7.78. The average Bonchev–Trinajstić information content (AvgIpc) is 2.27. The zero-order valence-electron chi connectivity index (χ0n) is 10.4. The van der Waals surface area contributed by atoms with Crippen LogP contribution in [0.3, 0.4) is 0 Å². The van der Waals surface area contributed by atoms with Crippen LogP contribution in [0.25, 0.3) is 0 Å². The SMILES string of the molecule is C[C@@H](Cl)[C@@H](COCc1ccccc1)OS(C)(=O)=O. The van der Waals surface area contributed by atoms with E-state index in [1.807, 2.05) is 30.3 Å². The summed E-state index contributed by atoms with van der Waals surface area (Å²) in [5.74, 6) is 0. The molecule has 0 bridgehead atoms. The maximum atomic E-state index is 11.0. The van der Waals surface area contributed by atoms with Crippen molar-refractivity contribution in [1.29, 1.82) is 0 Å². The molecule has 1 aromatic carbocycles. The molecular formula is C12H17ClO4S. The minimum absolute atomic E-state index is 0.132. The Morgan fingerprint density at radius 1 is 1.28 bits per heavy atom. The maximum Gasteiger partial charge on any atom is 0.264 e. The number of benzene rings is 1. The lowest BCUT2D eigenvalue weighted by molar-refractivity contribution is 0.0445. The molecule has 0 N–H and O–H groups in total. The fourth-order valence-corrected chi connectivity index (χ4v) is 2.19. The van der Waals surface area contributed by atoms with Crippen LogP contribution in [0.4, 0.5) is 0 Å². The summed E-state index contributed by atoms with van der Waals surface area (Å²) in [4.78, 5) is 0. The molecule has 1 aromatic rings. The quantitative estimate of drug-likeness (QED) is 0.571. The Morgan fingerprint density at radius 3 is 2.39 bits per heavy atom. The van der Waals surface area contributed by atoms with Crippen LogP contribution in [0.2, 0.25) is 0 Å². The van der Waals surface area contributed by atoms with Crippen LogP contribution in [-0.2, 0) is 25.6 Å². The normalized spacial score (nSPS) is 15.3. The van der Waals surface area contributed by atoms with Gasteiger partial charge in [0.1, 0.15) is 6.10 Å². The van der Waals surface area contributed by atoms with E-state index in [2.05, 4.69) is 0 Å². The lowest BCUT2D eigenvalue weighted by Crippen LogP contribution is -2.30. The molecule has 0 radical (unpaired) electrons. The van der Waals surface area contributed by atoms with Gasteiger partial charge in [-0.2, -0.15) is 8.42 Å². The lowest BCUT2D eigenvalue weighted by atomic mass is 10.2. The zero-order chi connectivity index (χ0) is 13.6. The van der Waals surface area contributed by atoms with Crippen LogP contribution in [0.5, 0.6) is 0 Å². The van der Waals surface area contributed by atoms with Gasteiger partial charge in [0, 0.05) is 0 Å². The Bertz CT molecular complexity index is 444. The van der Waals surface area contributed by atoms with E-state index in [-0.39, 0.29) is 6.61 Å². The average molecular weight is 293 g/mol. The third kappa shape index (κ3) is 6.35. The van der Waals surface area contributed by atoms with Crippen LogP contribution in [-0.4, -0.2) is 32.8 Å². The highest BCUT2D eigenvalue weighted by atomic mass is 35.5. The lowest BCUT2D eigenvalue weighted by Gasteiger charge is -2.18. The fraction of sp³-hybridized carbons (Fsp3) is 0.500. The number of hydrogen-bond donors (Lipinski definition) is 0. The van der Waals surface area contributed by atoms with Gasteiger partial charge in [-0.05, 0) is 12.5 Å². The minimum Gasteiger partial charge on any atom is -0.374 e. The van der Waals surface area contributed by atoms with Crippen molar-refractivity contribution in [1.82, 2.24) is 0 Å². The van der Waals surface area contributed by atoms with Gasteiger partial charge in [-0.15, -0.1) is 11.6 Å². The van der Waals surface area contributed by atoms with Crippen molar-refractivity contribution in [2.24, 2.45) is 0 Å². The molecule has 6 heteroatoms. The van der Waals surface area contributed by atoms with Crippen LogP contribution in [0.15, 0.2) is 30.3 Å². The molecular weight excluding hydrogens is 276 g/mol. The van der Waals surface area contributed by atoms with E-state index < -0.39 is 21.6 Å². The molecule has 1 rings (SSSR count). The van der Waals surface area contributed by atoms with E-state index in [1.54, 1.807) is 6.92 Å². The van der Waals surface area contributed by atoms with Crippen molar-refractivity contribution < 1.29 is 17.3 Å². The van der Waals surface area contributed by atoms with Crippen molar-refractivity contribution in [3.8, 4) is 0 Å². The van der Waals surface area contributed by atoms with Crippen molar-refractivity contribution in [2.75, 3.05) is 12.9 Å². The second kappa shape index (κ2) is 7.09. The van der Waals surface area contributed by atoms with Gasteiger partial charge in [0.25, 0.3) is 10.1 Å². The summed E-state index contributed by atoms with van der Waals surface area (Å²) in [5.41, 5.74) is 1.01. The second-order valence-electron chi connectivity index (χ2n) is 4.02. The fourth-order valence-electron chi connectivity index (χ4n) is 1.33. The first-order chi connectivity index (χ1) is 8.38. The van der Waals surface area contributed by atoms with E-state index in [4.69, 9.17) is 20.5 Å². The highest BCUT2D eigenvalue weighted by molar-refractivity contribution is 7.86. The van der Waals surface area contributed by atoms with E-state index in [1.165, 1.54) is 0 Å². The molecule has 0 aliphatic rings. The summed E-state index contributed by atoms with van der Waals surface area (Å²) in [7, 11) is -3.53. The standard InChI is InChI=1S/C12H17ClO4S/c1-10(13)12(17-18(2,14)15)9-16-8-11-6-4-3-5-7-11/h3-7,10,12H,8-9H2,1-2H3/t10-,12-/m1/s1. The van der Waals surface area contributed by atoms with Gasteiger partial charge in [0.15, 0.2) is 0 Å². The molecule has 0 unspecified atom stereocenters. The summed E-state index contributed by atoms with van der Waals surface area (Å²) in [6.45, 7) is 2.20. The molecule has 0 aromatic heterocycles.